The number of fused-ring (bicyclic) bond motifs is 1. The first-order valence-corrected chi connectivity index (χ1v) is 13.3. The number of nitro benzene ring substituents is 1. The van der Waals surface area contributed by atoms with Crippen molar-refractivity contribution in [3.8, 4) is 0 Å². The molecule has 0 amide bonds. The fourth-order valence-electron chi connectivity index (χ4n) is 5.33. The third-order valence-corrected chi connectivity index (χ3v) is 9.09. The highest BCUT2D eigenvalue weighted by Crippen LogP contribution is 2.44. The molecule has 0 unspecified atom stereocenters. The van der Waals surface area contributed by atoms with Gasteiger partial charge >= 0.3 is 6.18 Å². The zero-order valence-corrected chi connectivity index (χ0v) is 21.6. The van der Waals surface area contributed by atoms with Gasteiger partial charge in [0.1, 0.15) is 10.5 Å². The quantitative estimate of drug-likeness (QED) is 0.209. The second kappa shape index (κ2) is 10.0. The molecule has 202 valence electrons. The predicted molar refractivity (Wildman–Crippen MR) is 137 cm³/mol. The van der Waals surface area contributed by atoms with Crippen molar-refractivity contribution in [2.24, 2.45) is 5.41 Å². The molecule has 3 heterocycles. The summed E-state index contributed by atoms with van der Waals surface area (Å²) in [5.74, 6) is -0.430. The summed E-state index contributed by atoms with van der Waals surface area (Å²) in [4.78, 5) is 31.5. The Labute approximate surface area is 223 Å². The lowest BCUT2D eigenvalue weighted by molar-refractivity contribution is -0.383. The van der Waals surface area contributed by atoms with Gasteiger partial charge in [-0.3, -0.25) is 19.8 Å². The first-order chi connectivity index (χ1) is 17.9. The van der Waals surface area contributed by atoms with Crippen molar-refractivity contribution < 1.29 is 22.5 Å². The number of rotatable bonds is 4. The molecule has 2 fully saturated rings. The maximum atomic E-state index is 13.8. The number of hydrogen-bond acceptors (Lipinski definition) is 7. The number of hydrogen-bond donors (Lipinski definition) is 0. The van der Waals surface area contributed by atoms with E-state index in [1.165, 1.54) is 6.07 Å². The third kappa shape index (κ3) is 5.34. The van der Waals surface area contributed by atoms with Gasteiger partial charge in [-0.25, -0.2) is 4.39 Å². The molecule has 7 nitrogen and oxygen atoms in total. The minimum atomic E-state index is -4.82. The average Bonchev–Trinajstić information content (AvgIpc) is 2.87. The lowest BCUT2D eigenvalue weighted by Crippen LogP contribution is -2.46. The minimum Gasteiger partial charge on any atom is -0.348 e. The van der Waals surface area contributed by atoms with Crippen LogP contribution in [0.25, 0.3) is 10.1 Å². The molecular weight excluding hydrogens is 548 g/mol. The Morgan fingerprint density at radius 3 is 2.34 bits per heavy atom. The van der Waals surface area contributed by atoms with Gasteiger partial charge in [0.15, 0.2) is 5.13 Å². The van der Waals surface area contributed by atoms with Gasteiger partial charge in [-0.05, 0) is 68.0 Å². The molecule has 0 saturated carbocycles. The Morgan fingerprint density at radius 1 is 1.08 bits per heavy atom. The van der Waals surface area contributed by atoms with E-state index in [2.05, 4.69) is 9.88 Å². The van der Waals surface area contributed by atoms with Crippen LogP contribution >= 0.6 is 22.9 Å². The van der Waals surface area contributed by atoms with Gasteiger partial charge in [-0.1, -0.05) is 29.0 Å². The van der Waals surface area contributed by atoms with Gasteiger partial charge in [-0.15, -0.1) is 0 Å². The Kier molecular flexibility index (Phi) is 7.08. The summed E-state index contributed by atoms with van der Waals surface area (Å²) in [6, 6.07) is 5.95. The molecule has 2 aromatic carbocycles. The lowest BCUT2D eigenvalue weighted by Gasteiger charge is -2.47. The number of alkyl halides is 3. The van der Waals surface area contributed by atoms with Crippen LogP contribution in [-0.2, 0) is 12.7 Å². The third-order valence-electron chi connectivity index (χ3n) is 7.62. The number of likely N-dealkylation sites (tertiary alicyclic amines) is 1. The van der Waals surface area contributed by atoms with E-state index in [-0.39, 0.29) is 20.3 Å². The van der Waals surface area contributed by atoms with Crippen LogP contribution in [-0.4, -0.2) is 41.0 Å². The maximum Gasteiger partial charge on any atom is 0.416 e. The Bertz CT molecular complexity index is 1450. The Balaban J connectivity index is 1.28. The van der Waals surface area contributed by atoms with Gasteiger partial charge in [-0.2, -0.15) is 18.2 Å². The highest BCUT2D eigenvalue weighted by molar-refractivity contribution is 7.22. The second-order valence-corrected chi connectivity index (χ2v) is 11.3. The molecule has 1 aromatic heterocycles. The van der Waals surface area contributed by atoms with Crippen molar-refractivity contribution in [1.29, 1.82) is 0 Å². The molecule has 0 N–H and O–H groups in total. The number of halogens is 5. The van der Waals surface area contributed by atoms with Gasteiger partial charge in [0.25, 0.3) is 11.2 Å². The topological polar surface area (TPSA) is 79.6 Å². The summed E-state index contributed by atoms with van der Waals surface area (Å²) in [6.45, 7) is 3.54. The van der Waals surface area contributed by atoms with Crippen LogP contribution in [0.2, 0.25) is 5.02 Å². The predicted octanol–water partition coefficient (Wildman–Crippen LogP) is 6.26. The van der Waals surface area contributed by atoms with Crippen LogP contribution < -0.4 is 10.5 Å². The molecular formula is C25H23ClF4N4O3S. The Hall–Kier alpha value is -2.83. The van der Waals surface area contributed by atoms with Crippen LogP contribution in [0.15, 0.2) is 35.1 Å². The van der Waals surface area contributed by atoms with Gasteiger partial charge in [0.05, 0.1) is 20.9 Å². The monoisotopic (exact) mass is 570 g/mol. The normalized spacial score (nSPS) is 18.3. The van der Waals surface area contributed by atoms with E-state index in [1.54, 1.807) is 6.07 Å². The van der Waals surface area contributed by atoms with Crippen LogP contribution in [0.3, 0.4) is 0 Å². The number of nitro groups is 1. The summed E-state index contributed by atoms with van der Waals surface area (Å²) in [5, 5.41) is 11.5. The van der Waals surface area contributed by atoms with Crippen molar-refractivity contribution in [3.63, 3.8) is 0 Å². The largest absolute Gasteiger partial charge is 0.416 e. The fourth-order valence-corrected chi connectivity index (χ4v) is 6.56. The summed E-state index contributed by atoms with van der Waals surface area (Å²) < 4.78 is 53.3. The average molecular weight is 571 g/mol. The molecule has 3 aromatic rings. The zero-order valence-electron chi connectivity index (χ0n) is 20.1. The summed E-state index contributed by atoms with van der Waals surface area (Å²) >= 11 is 6.65. The van der Waals surface area contributed by atoms with Crippen LogP contribution in [0.5, 0.6) is 0 Å². The highest BCUT2D eigenvalue weighted by atomic mass is 35.5. The maximum absolute atomic E-state index is 13.8. The van der Waals surface area contributed by atoms with Crippen LogP contribution in [0.4, 0.5) is 28.4 Å². The molecule has 2 saturated heterocycles. The number of nitrogens with zero attached hydrogens (tertiary/aromatic N) is 4. The fraction of sp³-hybridized carbons (Fsp3) is 0.440. The first-order valence-electron chi connectivity index (χ1n) is 12.1. The van der Waals surface area contributed by atoms with Gasteiger partial charge in [0, 0.05) is 25.7 Å². The van der Waals surface area contributed by atoms with Gasteiger partial charge in [0.2, 0.25) is 0 Å². The number of non-ortho nitro benzene ring substituents is 1. The van der Waals surface area contributed by atoms with E-state index >= 15 is 0 Å². The molecule has 1 spiro atoms. The summed E-state index contributed by atoms with van der Waals surface area (Å²) in [6.07, 6.45) is -1.22. The first kappa shape index (κ1) is 26.8. The van der Waals surface area contributed by atoms with Crippen LogP contribution in [0.1, 0.15) is 36.8 Å². The van der Waals surface area contributed by atoms with Crippen LogP contribution in [0, 0.1) is 21.3 Å². The molecule has 2 aliphatic rings. The smallest absolute Gasteiger partial charge is 0.348 e. The lowest BCUT2D eigenvalue weighted by atomic mass is 9.71. The zero-order chi connectivity index (χ0) is 27.2. The number of benzene rings is 2. The van der Waals surface area contributed by atoms with Crippen molar-refractivity contribution in [2.45, 2.75) is 38.4 Å². The minimum absolute atomic E-state index is 0.102. The molecule has 0 radical (unpaired) electrons. The summed E-state index contributed by atoms with van der Waals surface area (Å²) in [7, 11) is 0. The van der Waals surface area contributed by atoms with Crippen molar-refractivity contribution in [2.75, 3.05) is 31.1 Å². The van der Waals surface area contributed by atoms with E-state index < -0.39 is 39.1 Å². The Morgan fingerprint density at radius 2 is 1.74 bits per heavy atom. The van der Waals surface area contributed by atoms with E-state index in [1.807, 2.05) is 11.0 Å². The highest BCUT2D eigenvalue weighted by Gasteiger charge is 2.39. The van der Waals surface area contributed by atoms with Crippen molar-refractivity contribution in [3.05, 3.63) is 72.8 Å². The second-order valence-electron chi connectivity index (χ2n) is 9.94. The summed E-state index contributed by atoms with van der Waals surface area (Å²) in [5.41, 5.74) is -1.92. The van der Waals surface area contributed by atoms with E-state index in [4.69, 9.17) is 11.6 Å². The number of anilines is 1. The van der Waals surface area contributed by atoms with E-state index in [0.29, 0.717) is 31.8 Å². The van der Waals surface area contributed by atoms with Crippen molar-refractivity contribution in [1.82, 2.24) is 9.88 Å². The molecule has 0 atom stereocenters. The molecule has 38 heavy (non-hydrogen) atoms. The van der Waals surface area contributed by atoms with Crippen molar-refractivity contribution >= 4 is 43.8 Å². The molecule has 13 heteroatoms. The molecule has 5 rings (SSSR count). The number of piperidine rings is 2. The van der Waals surface area contributed by atoms with E-state index in [0.717, 1.165) is 55.7 Å². The standard InChI is InChI=1S/C25H23ClF4N4O3S/c26-18-2-1-15(11-19(18)27)14-32-7-3-24(4-8-32)5-9-33(10-6-24)23-31-22(35)17-12-16(25(28,29)30)13-20(34(36)37)21(17)38-23/h1-2,11-13H,3-10,14H2. The molecule has 2 aliphatic heterocycles. The molecule has 0 aliphatic carbocycles. The van der Waals surface area contributed by atoms with Gasteiger partial charge < -0.3 is 4.90 Å². The molecule has 0 bridgehead atoms. The van der Waals surface area contributed by atoms with E-state index in [9.17, 15) is 32.5 Å². The number of aromatic nitrogens is 1. The SMILES string of the molecule is O=c1nc(N2CCC3(CCN(Cc4ccc(Cl)c(F)c4)CC3)CC2)sc2c([N+](=O)[O-])cc(C(F)(F)F)cc12.